The molecule has 0 radical (unpaired) electrons. The summed E-state index contributed by atoms with van der Waals surface area (Å²) in [5.41, 5.74) is 0.358. The third-order valence-corrected chi connectivity index (χ3v) is 6.37. The molecule has 5 rings (SSSR count). The minimum Gasteiger partial charge on any atom is -0.458 e. The number of likely N-dealkylation sites (N-methyl/N-ethyl adjacent to an activating group) is 1. The minimum absolute atomic E-state index is 0.0734. The number of aromatic nitrogens is 2. The first-order chi connectivity index (χ1) is 14.8. The van der Waals surface area contributed by atoms with Crippen LogP contribution in [0.25, 0.3) is 22.3 Å². The summed E-state index contributed by atoms with van der Waals surface area (Å²) < 4.78 is 6.74. The Morgan fingerprint density at radius 1 is 1.26 bits per heavy atom. The zero-order valence-corrected chi connectivity index (χ0v) is 17.6. The van der Waals surface area contributed by atoms with Crippen molar-refractivity contribution in [2.45, 2.75) is 31.6 Å². The van der Waals surface area contributed by atoms with Gasteiger partial charge in [-0.05, 0) is 38.7 Å². The van der Waals surface area contributed by atoms with Crippen molar-refractivity contribution in [3.63, 3.8) is 0 Å². The molecule has 2 aliphatic rings. The summed E-state index contributed by atoms with van der Waals surface area (Å²) in [7, 11) is 3.77. The highest BCUT2D eigenvalue weighted by molar-refractivity contribution is 5.86. The second-order valence-electron chi connectivity index (χ2n) is 8.45. The predicted octanol–water partition coefficient (Wildman–Crippen LogP) is 1.48. The van der Waals surface area contributed by atoms with Crippen LogP contribution in [0.4, 0.5) is 0 Å². The van der Waals surface area contributed by atoms with Crippen molar-refractivity contribution in [2.24, 2.45) is 0 Å². The van der Waals surface area contributed by atoms with Crippen molar-refractivity contribution in [3.8, 4) is 11.4 Å². The third-order valence-electron chi connectivity index (χ3n) is 6.37. The molecule has 0 saturated carbocycles. The summed E-state index contributed by atoms with van der Waals surface area (Å²) in [6, 6.07) is 8.39. The SMILES string of the molecule is CC[C@@]1(O)C(=O)OCc2c1cc1n(c2=O)C(CN(C)C)c2c-1[nH]c1ccccc1c2=O. The first kappa shape index (κ1) is 19.7. The number of nitrogens with one attached hydrogen (secondary N) is 1. The van der Waals surface area contributed by atoms with E-state index in [9.17, 15) is 19.5 Å². The van der Waals surface area contributed by atoms with Gasteiger partial charge in [-0.1, -0.05) is 19.1 Å². The Morgan fingerprint density at radius 3 is 2.71 bits per heavy atom. The van der Waals surface area contributed by atoms with Crippen molar-refractivity contribution in [1.82, 2.24) is 14.5 Å². The Kier molecular flexibility index (Phi) is 4.22. The number of aromatic amines is 1. The van der Waals surface area contributed by atoms with Gasteiger partial charge in [0.05, 0.1) is 23.0 Å². The van der Waals surface area contributed by atoms with E-state index in [1.165, 1.54) is 0 Å². The van der Waals surface area contributed by atoms with Crippen molar-refractivity contribution in [2.75, 3.05) is 20.6 Å². The quantitative estimate of drug-likeness (QED) is 0.621. The number of benzene rings is 1. The summed E-state index contributed by atoms with van der Waals surface area (Å²) in [6.07, 6.45) is 0.0734. The molecular weight excluding hydrogens is 398 g/mol. The molecule has 0 spiro atoms. The van der Waals surface area contributed by atoms with Gasteiger partial charge in [-0.3, -0.25) is 14.2 Å². The van der Waals surface area contributed by atoms with Crippen LogP contribution >= 0.6 is 0 Å². The number of pyridine rings is 2. The van der Waals surface area contributed by atoms with Gasteiger partial charge in [0.2, 0.25) is 0 Å². The van der Waals surface area contributed by atoms with Crippen molar-refractivity contribution in [3.05, 3.63) is 67.6 Å². The normalized spacial score (nSPS) is 21.7. The fourth-order valence-electron chi connectivity index (χ4n) is 4.79. The Morgan fingerprint density at radius 2 is 2.00 bits per heavy atom. The van der Waals surface area contributed by atoms with Crippen LogP contribution in [0.15, 0.2) is 39.9 Å². The fourth-order valence-corrected chi connectivity index (χ4v) is 4.79. The molecule has 4 heterocycles. The van der Waals surface area contributed by atoms with Crippen LogP contribution in [0, 0.1) is 0 Å². The smallest absolute Gasteiger partial charge is 0.343 e. The molecule has 0 bridgehead atoms. The van der Waals surface area contributed by atoms with Crippen molar-refractivity contribution >= 4 is 16.9 Å². The number of nitrogens with zero attached hydrogens (tertiary/aromatic N) is 2. The summed E-state index contributed by atoms with van der Waals surface area (Å²) in [6.45, 7) is 1.91. The lowest BCUT2D eigenvalue weighted by atomic mass is 9.86. The van der Waals surface area contributed by atoms with Crippen molar-refractivity contribution in [1.29, 1.82) is 0 Å². The molecule has 8 nitrogen and oxygen atoms in total. The van der Waals surface area contributed by atoms with Crippen LogP contribution in [-0.2, 0) is 21.7 Å². The van der Waals surface area contributed by atoms with Gasteiger partial charge in [0.25, 0.3) is 5.56 Å². The fraction of sp³-hybridized carbons (Fsp3) is 0.348. The maximum absolute atomic E-state index is 13.6. The number of aliphatic hydroxyl groups is 1. The molecule has 8 heteroatoms. The lowest BCUT2D eigenvalue weighted by molar-refractivity contribution is -0.172. The number of H-pyrrole nitrogens is 1. The monoisotopic (exact) mass is 421 g/mol. The maximum atomic E-state index is 13.6. The van der Waals surface area contributed by atoms with Gasteiger partial charge in [-0.15, -0.1) is 0 Å². The van der Waals surface area contributed by atoms with Gasteiger partial charge in [0.1, 0.15) is 6.61 Å². The summed E-state index contributed by atoms with van der Waals surface area (Å²) in [4.78, 5) is 44.7. The summed E-state index contributed by atoms with van der Waals surface area (Å²) in [5.74, 6) is -0.762. The molecular formula is C23H23N3O5. The average molecular weight is 421 g/mol. The first-order valence-corrected chi connectivity index (χ1v) is 10.3. The van der Waals surface area contributed by atoms with Crippen LogP contribution in [0.5, 0.6) is 0 Å². The van der Waals surface area contributed by atoms with E-state index >= 15 is 0 Å². The van der Waals surface area contributed by atoms with Crippen LogP contribution < -0.4 is 11.0 Å². The number of rotatable bonds is 3. The van der Waals surface area contributed by atoms with E-state index in [1.54, 1.807) is 23.6 Å². The number of para-hydroxylation sites is 1. The number of carbonyl (C=O) groups is 1. The minimum atomic E-state index is -1.89. The largest absolute Gasteiger partial charge is 0.458 e. The topological polar surface area (TPSA) is 105 Å². The van der Waals surface area contributed by atoms with Gasteiger partial charge in [0.15, 0.2) is 11.0 Å². The Bertz CT molecular complexity index is 1370. The number of hydrogen-bond donors (Lipinski definition) is 2. The molecule has 0 aliphatic carbocycles. The van der Waals surface area contributed by atoms with Gasteiger partial charge in [-0.25, -0.2) is 4.79 Å². The number of esters is 1. The van der Waals surface area contributed by atoms with Gasteiger partial charge in [-0.2, -0.15) is 0 Å². The van der Waals surface area contributed by atoms with Crippen LogP contribution in [0.1, 0.15) is 36.1 Å². The molecule has 0 amide bonds. The summed E-state index contributed by atoms with van der Waals surface area (Å²) >= 11 is 0. The van der Waals surface area contributed by atoms with Gasteiger partial charge >= 0.3 is 5.97 Å². The van der Waals surface area contributed by atoms with Crippen LogP contribution in [0.2, 0.25) is 0 Å². The predicted molar refractivity (Wildman–Crippen MR) is 115 cm³/mol. The molecule has 2 aromatic heterocycles. The summed E-state index contributed by atoms with van der Waals surface area (Å²) in [5, 5.41) is 11.6. The molecule has 3 aromatic rings. The zero-order valence-electron chi connectivity index (χ0n) is 17.6. The zero-order chi connectivity index (χ0) is 22.1. The third kappa shape index (κ3) is 2.58. The average Bonchev–Trinajstić information content (AvgIpc) is 3.04. The molecule has 2 atom stereocenters. The standard InChI is InChI=1S/C23H23N3O5/c1-4-23(30)14-9-16-19-18(20(27)12-7-5-6-8-15(12)24-19)17(10-25(2)3)26(16)21(28)13(14)11-31-22(23)29/h5-9,17,30H,4,10-11H2,1-3H3,(H,24,27)/t17?,23-/m0/s1. The maximum Gasteiger partial charge on any atom is 0.343 e. The molecule has 1 unspecified atom stereocenters. The van der Waals surface area contributed by atoms with Gasteiger partial charge in [0, 0.05) is 28.6 Å². The Hall–Kier alpha value is -3.23. The second kappa shape index (κ2) is 6.63. The van der Waals surface area contributed by atoms with E-state index in [0.717, 1.165) is 0 Å². The molecule has 31 heavy (non-hydrogen) atoms. The van der Waals surface area contributed by atoms with E-state index in [1.807, 2.05) is 37.2 Å². The Labute approximate surface area is 177 Å². The number of hydrogen-bond acceptors (Lipinski definition) is 6. The number of carbonyl (C=O) groups excluding carboxylic acids is 1. The van der Waals surface area contributed by atoms with E-state index in [2.05, 4.69) is 4.98 Å². The Balaban J connectivity index is 1.89. The van der Waals surface area contributed by atoms with E-state index in [-0.39, 0.29) is 35.1 Å². The molecule has 160 valence electrons. The number of fused-ring (bicyclic) bond motifs is 5. The molecule has 2 aliphatic heterocycles. The van der Waals surface area contributed by atoms with Crippen molar-refractivity contribution < 1.29 is 14.6 Å². The highest BCUT2D eigenvalue weighted by Crippen LogP contribution is 2.41. The first-order valence-electron chi connectivity index (χ1n) is 10.3. The van der Waals surface area contributed by atoms with Crippen LogP contribution in [-0.4, -0.2) is 46.2 Å². The second-order valence-corrected chi connectivity index (χ2v) is 8.45. The molecule has 2 N–H and O–H groups in total. The lowest BCUT2D eigenvalue weighted by Gasteiger charge is -2.32. The molecule has 0 fully saturated rings. The molecule has 0 saturated heterocycles. The van der Waals surface area contributed by atoms with Gasteiger partial charge < -0.3 is 19.7 Å². The highest BCUT2D eigenvalue weighted by atomic mass is 16.6. The van der Waals surface area contributed by atoms with E-state index in [0.29, 0.717) is 34.4 Å². The number of ether oxygens (including phenoxy) is 1. The molecule has 1 aromatic carbocycles. The van der Waals surface area contributed by atoms with E-state index in [4.69, 9.17) is 4.74 Å². The van der Waals surface area contributed by atoms with E-state index < -0.39 is 17.6 Å². The number of cyclic esters (lactones) is 1. The lowest BCUT2D eigenvalue weighted by Crippen LogP contribution is -2.45. The highest BCUT2D eigenvalue weighted by Gasteiger charge is 2.46. The van der Waals surface area contributed by atoms with Crippen LogP contribution in [0.3, 0.4) is 0 Å².